The van der Waals surface area contributed by atoms with Crippen molar-refractivity contribution < 1.29 is 4.79 Å². The predicted molar refractivity (Wildman–Crippen MR) is 85.3 cm³/mol. The van der Waals surface area contributed by atoms with Gasteiger partial charge in [0.15, 0.2) is 4.34 Å². The van der Waals surface area contributed by atoms with Crippen molar-refractivity contribution in [1.82, 2.24) is 25.1 Å². The summed E-state index contributed by atoms with van der Waals surface area (Å²) < 4.78 is 1.86. The fourth-order valence-corrected chi connectivity index (χ4v) is 4.23. The molecule has 2 heterocycles. The highest BCUT2D eigenvalue weighted by molar-refractivity contribution is 8.01. The van der Waals surface area contributed by atoms with Crippen molar-refractivity contribution in [1.29, 1.82) is 0 Å². The molecule has 22 heavy (non-hydrogen) atoms. The van der Waals surface area contributed by atoms with Crippen molar-refractivity contribution in [3.8, 4) is 0 Å². The number of rotatable bonds is 4. The summed E-state index contributed by atoms with van der Waals surface area (Å²) in [5, 5.41) is 14.7. The zero-order chi connectivity index (χ0) is 15.4. The summed E-state index contributed by atoms with van der Waals surface area (Å²) in [6.45, 7) is 0. The van der Waals surface area contributed by atoms with E-state index in [-0.39, 0.29) is 11.5 Å². The fourth-order valence-electron chi connectivity index (χ4n) is 2.53. The maximum absolute atomic E-state index is 12.0. The number of hydrogen-bond donors (Lipinski definition) is 1. The smallest absolute Gasteiger partial charge is 0.293 e. The lowest BCUT2D eigenvalue weighted by molar-refractivity contribution is -0.119. The molecule has 9 heteroatoms. The number of carbonyl (C=O) groups excluding carboxylic acids is 1. The lowest BCUT2D eigenvalue weighted by Gasteiger charge is -2.15. The molecule has 1 fully saturated rings. The molecule has 0 spiro atoms. The zero-order valence-electron chi connectivity index (χ0n) is 12.0. The highest BCUT2D eigenvalue weighted by Crippen LogP contribution is 2.23. The van der Waals surface area contributed by atoms with E-state index in [0.717, 1.165) is 19.0 Å². The topological polar surface area (TPSA) is 89.3 Å². The number of thioether (sulfide) groups is 1. The molecule has 0 bridgehead atoms. The Kier molecular flexibility index (Phi) is 5.04. The second-order valence-corrected chi connectivity index (χ2v) is 7.47. The standard InChI is InChI=1S/C13H17N5O2S2/c19-10(15-9-5-3-1-2-4-6-9)8-21-13-17-18-11(20)7-14-16-12(18)22-13/h7,9H,1-6,8H2,(H,15,19). The minimum absolute atomic E-state index is 0.0228. The predicted octanol–water partition coefficient (Wildman–Crippen LogP) is 1.48. The Hall–Kier alpha value is -1.48. The monoisotopic (exact) mass is 339 g/mol. The van der Waals surface area contributed by atoms with Gasteiger partial charge in [-0.25, -0.2) is 0 Å². The number of fused-ring (bicyclic) bond motifs is 1. The van der Waals surface area contributed by atoms with E-state index in [0.29, 0.717) is 21.1 Å². The van der Waals surface area contributed by atoms with Gasteiger partial charge in [-0.3, -0.25) is 9.59 Å². The summed E-state index contributed by atoms with van der Waals surface area (Å²) in [6.07, 6.45) is 8.19. The number of hydrogen-bond acceptors (Lipinski definition) is 7. The Morgan fingerprint density at radius 1 is 1.36 bits per heavy atom. The molecular formula is C13H17N5O2S2. The molecule has 118 valence electrons. The van der Waals surface area contributed by atoms with E-state index in [4.69, 9.17) is 0 Å². The van der Waals surface area contributed by atoms with Gasteiger partial charge in [0.25, 0.3) is 5.56 Å². The third kappa shape index (κ3) is 3.83. The van der Waals surface area contributed by atoms with E-state index in [1.165, 1.54) is 53.3 Å². The highest BCUT2D eigenvalue weighted by Gasteiger charge is 2.15. The van der Waals surface area contributed by atoms with E-state index in [1.54, 1.807) is 0 Å². The number of amides is 1. The number of nitrogens with zero attached hydrogens (tertiary/aromatic N) is 4. The van der Waals surface area contributed by atoms with Crippen LogP contribution in [0.3, 0.4) is 0 Å². The molecule has 0 aliphatic heterocycles. The maximum Gasteiger partial charge on any atom is 0.293 e. The zero-order valence-corrected chi connectivity index (χ0v) is 13.7. The molecule has 7 nitrogen and oxygen atoms in total. The minimum atomic E-state index is -0.309. The van der Waals surface area contributed by atoms with Crippen molar-refractivity contribution in [3.05, 3.63) is 16.6 Å². The molecule has 1 N–H and O–H groups in total. The Morgan fingerprint density at radius 2 is 2.14 bits per heavy atom. The first-order valence-electron chi connectivity index (χ1n) is 7.36. The van der Waals surface area contributed by atoms with E-state index in [1.807, 2.05) is 0 Å². The summed E-state index contributed by atoms with van der Waals surface area (Å²) in [4.78, 5) is 24.0. The van der Waals surface area contributed by atoms with Crippen molar-refractivity contribution in [2.45, 2.75) is 48.9 Å². The maximum atomic E-state index is 12.0. The van der Waals surface area contributed by atoms with Gasteiger partial charge in [0.1, 0.15) is 6.20 Å². The van der Waals surface area contributed by atoms with Crippen molar-refractivity contribution in [2.24, 2.45) is 0 Å². The SMILES string of the molecule is O=C(CSc1nn2c(=O)cnnc2s1)NC1CCCCCC1. The number of aromatic nitrogens is 4. The van der Waals surface area contributed by atoms with Crippen LogP contribution >= 0.6 is 23.1 Å². The summed E-state index contributed by atoms with van der Waals surface area (Å²) in [7, 11) is 0. The van der Waals surface area contributed by atoms with Crippen molar-refractivity contribution >= 4 is 34.0 Å². The second kappa shape index (κ2) is 7.19. The van der Waals surface area contributed by atoms with Crippen LogP contribution < -0.4 is 10.9 Å². The van der Waals surface area contributed by atoms with Crippen LogP contribution in [0.4, 0.5) is 0 Å². The Balaban J connectivity index is 1.55. The van der Waals surface area contributed by atoms with Crippen LogP contribution in [0.2, 0.25) is 0 Å². The summed E-state index contributed by atoms with van der Waals surface area (Å²) >= 11 is 2.59. The third-order valence-corrected chi connectivity index (χ3v) is 5.64. The molecule has 0 unspecified atom stereocenters. The van der Waals surface area contributed by atoms with Crippen molar-refractivity contribution in [2.75, 3.05) is 5.75 Å². The van der Waals surface area contributed by atoms with Gasteiger partial charge >= 0.3 is 0 Å². The largest absolute Gasteiger partial charge is 0.353 e. The fraction of sp³-hybridized carbons (Fsp3) is 0.615. The van der Waals surface area contributed by atoms with E-state index in [2.05, 4.69) is 20.6 Å². The molecule has 1 saturated carbocycles. The Labute approximate surface area is 135 Å². The van der Waals surface area contributed by atoms with Crippen LogP contribution in [0.5, 0.6) is 0 Å². The van der Waals surface area contributed by atoms with Gasteiger partial charge in [-0.1, -0.05) is 48.8 Å². The molecular weight excluding hydrogens is 322 g/mol. The van der Waals surface area contributed by atoms with E-state index < -0.39 is 0 Å². The quantitative estimate of drug-likeness (QED) is 0.670. The summed E-state index contributed by atoms with van der Waals surface area (Å²) in [6, 6.07) is 0.305. The lowest BCUT2D eigenvalue weighted by atomic mass is 10.1. The summed E-state index contributed by atoms with van der Waals surface area (Å²) in [5.41, 5.74) is -0.309. The van der Waals surface area contributed by atoms with Gasteiger partial charge < -0.3 is 5.32 Å². The molecule has 1 aliphatic rings. The normalized spacial score (nSPS) is 16.5. The molecule has 2 aromatic rings. The van der Waals surface area contributed by atoms with Crippen LogP contribution in [-0.2, 0) is 4.79 Å². The number of nitrogens with one attached hydrogen (secondary N) is 1. The lowest BCUT2D eigenvalue weighted by Crippen LogP contribution is -2.35. The third-order valence-electron chi connectivity index (χ3n) is 3.61. The molecule has 0 radical (unpaired) electrons. The van der Waals surface area contributed by atoms with Crippen molar-refractivity contribution in [3.63, 3.8) is 0 Å². The average Bonchev–Trinajstić information content (AvgIpc) is 2.76. The van der Waals surface area contributed by atoms with Gasteiger partial charge in [0.05, 0.1) is 5.75 Å². The van der Waals surface area contributed by atoms with Crippen LogP contribution in [0.15, 0.2) is 15.3 Å². The van der Waals surface area contributed by atoms with Gasteiger partial charge in [0, 0.05) is 6.04 Å². The number of carbonyl (C=O) groups is 1. The minimum Gasteiger partial charge on any atom is -0.353 e. The van der Waals surface area contributed by atoms with Gasteiger partial charge in [0.2, 0.25) is 10.9 Å². The average molecular weight is 339 g/mol. The van der Waals surface area contributed by atoms with Crippen LogP contribution in [0, 0.1) is 0 Å². The van der Waals surface area contributed by atoms with Crippen LogP contribution in [0.1, 0.15) is 38.5 Å². The molecule has 1 amide bonds. The van der Waals surface area contributed by atoms with Gasteiger partial charge in [-0.05, 0) is 12.8 Å². The van der Waals surface area contributed by atoms with Gasteiger partial charge in [-0.2, -0.15) is 9.61 Å². The highest BCUT2D eigenvalue weighted by atomic mass is 32.2. The Morgan fingerprint density at radius 3 is 2.86 bits per heavy atom. The molecule has 0 saturated heterocycles. The first-order valence-corrected chi connectivity index (χ1v) is 9.16. The van der Waals surface area contributed by atoms with Crippen LogP contribution in [0.25, 0.3) is 4.96 Å². The molecule has 2 aromatic heterocycles. The molecule has 3 rings (SSSR count). The molecule has 0 aromatic carbocycles. The van der Waals surface area contributed by atoms with Crippen LogP contribution in [-0.4, -0.2) is 37.5 Å². The second-order valence-electron chi connectivity index (χ2n) is 5.29. The van der Waals surface area contributed by atoms with E-state index >= 15 is 0 Å². The Bertz CT molecular complexity index is 706. The molecule has 1 aliphatic carbocycles. The van der Waals surface area contributed by atoms with E-state index in [9.17, 15) is 9.59 Å². The van der Waals surface area contributed by atoms with Gasteiger partial charge in [-0.15, -0.1) is 10.2 Å². The first-order chi connectivity index (χ1) is 10.7. The first kappa shape index (κ1) is 15.4. The summed E-state index contributed by atoms with van der Waals surface area (Å²) in [5.74, 6) is 0.327. The molecule has 0 atom stereocenters.